The summed E-state index contributed by atoms with van der Waals surface area (Å²) < 4.78 is 25.1. The molecule has 1 aliphatic heterocycles. The summed E-state index contributed by atoms with van der Waals surface area (Å²) in [5.74, 6) is 1.13. The van der Waals surface area contributed by atoms with Crippen LogP contribution in [0.4, 0.5) is 0 Å². The number of nitrogens with two attached hydrogens (primary N) is 1. The minimum Gasteiger partial charge on any atom is -0.370 e. The van der Waals surface area contributed by atoms with Gasteiger partial charge in [0.05, 0.1) is 6.26 Å². The SMILES string of the molecule is CS(=O)(=O)N1CCCCC1CNC(N)=NCC1CCC1.I. The van der Waals surface area contributed by atoms with Gasteiger partial charge in [-0.05, 0) is 31.6 Å². The number of hydrogen-bond donors (Lipinski definition) is 2. The van der Waals surface area contributed by atoms with Crippen LogP contribution in [0.1, 0.15) is 38.5 Å². The van der Waals surface area contributed by atoms with Gasteiger partial charge in [-0.25, -0.2) is 8.42 Å². The molecule has 1 unspecified atom stereocenters. The summed E-state index contributed by atoms with van der Waals surface area (Å²) in [5.41, 5.74) is 5.84. The maximum absolute atomic E-state index is 11.7. The molecule has 2 aliphatic rings. The highest BCUT2D eigenvalue weighted by atomic mass is 127. The van der Waals surface area contributed by atoms with E-state index in [0.717, 1.165) is 25.8 Å². The van der Waals surface area contributed by atoms with E-state index in [9.17, 15) is 8.42 Å². The number of guanidine groups is 1. The average molecular weight is 430 g/mol. The van der Waals surface area contributed by atoms with Crippen molar-refractivity contribution < 1.29 is 8.42 Å². The third-order valence-corrected chi connectivity index (χ3v) is 5.60. The van der Waals surface area contributed by atoms with E-state index in [1.807, 2.05) is 0 Å². The predicted octanol–water partition coefficient (Wildman–Crippen LogP) is 1.12. The van der Waals surface area contributed by atoms with E-state index in [1.54, 1.807) is 4.31 Å². The van der Waals surface area contributed by atoms with Crippen molar-refractivity contribution in [2.24, 2.45) is 16.6 Å². The molecule has 0 amide bonds. The van der Waals surface area contributed by atoms with Gasteiger partial charge >= 0.3 is 0 Å². The third-order valence-electron chi connectivity index (χ3n) is 4.26. The van der Waals surface area contributed by atoms with Crippen LogP contribution >= 0.6 is 24.0 Å². The number of nitrogens with zero attached hydrogens (tertiary/aromatic N) is 2. The van der Waals surface area contributed by atoms with Crippen LogP contribution in [0.5, 0.6) is 0 Å². The van der Waals surface area contributed by atoms with Crippen molar-refractivity contribution in [3.05, 3.63) is 0 Å². The Balaban J connectivity index is 0.00000220. The van der Waals surface area contributed by atoms with Crippen LogP contribution < -0.4 is 11.1 Å². The maximum Gasteiger partial charge on any atom is 0.211 e. The highest BCUT2D eigenvalue weighted by Crippen LogP contribution is 2.26. The van der Waals surface area contributed by atoms with Crippen LogP contribution in [0.2, 0.25) is 0 Å². The second-order valence-electron chi connectivity index (χ2n) is 5.93. The molecule has 2 fully saturated rings. The summed E-state index contributed by atoms with van der Waals surface area (Å²) in [6.45, 7) is 1.96. The molecule has 1 atom stereocenters. The van der Waals surface area contributed by atoms with Crippen LogP contribution in [0.25, 0.3) is 0 Å². The predicted molar refractivity (Wildman–Crippen MR) is 96.4 cm³/mol. The Morgan fingerprint density at radius 1 is 1.29 bits per heavy atom. The number of aliphatic imine (C=N–C) groups is 1. The zero-order valence-corrected chi connectivity index (χ0v) is 15.8. The van der Waals surface area contributed by atoms with Gasteiger partial charge in [0.15, 0.2) is 5.96 Å². The number of rotatable bonds is 5. The zero-order valence-electron chi connectivity index (χ0n) is 12.6. The number of hydrogen-bond acceptors (Lipinski definition) is 3. The van der Waals surface area contributed by atoms with E-state index >= 15 is 0 Å². The van der Waals surface area contributed by atoms with Gasteiger partial charge in [0, 0.05) is 25.7 Å². The van der Waals surface area contributed by atoms with Crippen LogP contribution in [-0.4, -0.2) is 50.6 Å². The maximum atomic E-state index is 11.7. The molecule has 2 rings (SSSR count). The van der Waals surface area contributed by atoms with Crippen LogP contribution in [0, 0.1) is 5.92 Å². The first-order valence-corrected chi connectivity index (χ1v) is 9.32. The fourth-order valence-corrected chi connectivity index (χ4v) is 3.98. The lowest BCUT2D eigenvalue weighted by Crippen LogP contribution is -2.50. The molecule has 1 saturated carbocycles. The number of nitrogens with one attached hydrogen (secondary N) is 1. The Labute approximate surface area is 145 Å². The highest BCUT2D eigenvalue weighted by molar-refractivity contribution is 14.0. The lowest BCUT2D eigenvalue weighted by molar-refractivity contribution is 0.253. The van der Waals surface area contributed by atoms with Gasteiger partial charge in [-0.2, -0.15) is 4.31 Å². The second-order valence-corrected chi connectivity index (χ2v) is 7.86. The van der Waals surface area contributed by atoms with Crippen molar-refractivity contribution in [2.45, 2.75) is 44.6 Å². The Kier molecular flexibility index (Phi) is 7.69. The van der Waals surface area contributed by atoms with Crippen molar-refractivity contribution in [1.29, 1.82) is 0 Å². The molecule has 1 aliphatic carbocycles. The molecule has 21 heavy (non-hydrogen) atoms. The molecule has 1 heterocycles. The molecule has 3 N–H and O–H groups in total. The Morgan fingerprint density at radius 3 is 2.57 bits per heavy atom. The molecular weight excluding hydrogens is 403 g/mol. The number of halogens is 1. The van der Waals surface area contributed by atoms with Crippen molar-refractivity contribution in [3.63, 3.8) is 0 Å². The topological polar surface area (TPSA) is 87.8 Å². The third kappa shape index (κ3) is 5.90. The van der Waals surface area contributed by atoms with Gasteiger partial charge in [-0.1, -0.05) is 12.8 Å². The molecule has 8 heteroatoms. The van der Waals surface area contributed by atoms with Gasteiger partial charge in [0.25, 0.3) is 0 Å². The normalized spacial score (nSPS) is 25.0. The quantitative estimate of drug-likeness (QED) is 0.389. The van der Waals surface area contributed by atoms with E-state index in [2.05, 4.69) is 10.3 Å². The largest absolute Gasteiger partial charge is 0.370 e. The van der Waals surface area contributed by atoms with Crippen molar-refractivity contribution in [3.8, 4) is 0 Å². The smallest absolute Gasteiger partial charge is 0.211 e. The Morgan fingerprint density at radius 2 is 2.00 bits per heavy atom. The molecular formula is C13H27IN4O2S. The lowest BCUT2D eigenvalue weighted by atomic mass is 9.86. The molecule has 0 radical (unpaired) electrons. The molecule has 0 spiro atoms. The van der Waals surface area contributed by atoms with Crippen LogP contribution in [0.3, 0.4) is 0 Å². The van der Waals surface area contributed by atoms with E-state index in [0.29, 0.717) is 25.0 Å². The van der Waals surface area contributed by atoms with Gasteiger partial charge in [-0.15, -0.1) is 24.0 Å². The Hall–Kier alpha value is -0.0900. The molecule has 1 saturated heterocycles. The minimum absolute atomic E-state index is 0. The first-order valence-electron chi connectivity index (χ1n) is 7.47. The molecule has 0 aromatic rings. The molecule has 0 aromatic carbocycles. The molecule has 0 aromatic heterocycles. The van der Waals surface area contributed by atoms with E-state index in [4.69, 9.17) is 5.73 Å². The monoisotopic (exact) mass is 430 g/mol. The van der Waals surface area contributed by atoms with Crippen LogP contribution in [0.15, 0.2) is 4.99 Å². The van der Waals surface area contributed by atoms with E-state index < -0.39 is 10.0 Å². The fourth-order valence-electron chi connectivity index (χ4n) is 2.80. The summed E-state index contributed by atoms with van der Waals surface area (Å²) in [4.78, 5) is 4.33. The Bertz CT molecular complexity index is 451. The summed E-state index contributed by atoms with van der Waals surface area (Å²) in [6.07, 6.45) is 7.98. The number of piperidine rings is 1. The standard InChI is InChI=1S/C13H26N4O2S.HI/c1-20(18,19)17-8-3-2-7-12(17)10-16-13(14)15-9-11-5-4-6-11;/h11-12H,2-10H2,1H3,(H3,14,15,16);1H. The van der Waals surface area contributed by atoms with E-state index in [-0.39, 0.29) is 30.0 Å². The van der Waals surface area contributed by atoms with Gasteiger partial charge in [0.2, 0.25) is 10.0 Å². The minimum atomic E-state index is -3.13. The summed E-state index contributed by atoms with van der Waals surface area (Å²) in [7, 11) is -3.13. The van der Waals surface area contributed by atoms with Gasteiger partial charge < -0.3 is 11.1 Å². The van der Waals surface area contributed by atoms with Crippen molar-refractivity contribution >= 4 is 40.0 Å². The fraction of sp³-hybridized carbons (Fsp3) is 0.923. The first kappa shape index (κ1) is 19.0. The average Bonchev–Trinajstić information content (AvgIpc) is 2.34. The van der Waals surface area contributed by atoms with Gasteiger partial charge in [-0.3, -0.25) is 4.99 Å². The summed E-state index contributed by atoms with van der Waals surface area (Å²) >= 11 is 0. The van der Waals surface area contributed by atoms with Crippen LogP contribution in [-0.2, 0) is 10.0 Å². The summed E-state index contributed by atoms with van der Waals surface area (Å²) in [6, 6.07) is -0.00352. The highest BCUT2D eigenvalue weighted by Gasteiger charge is 2.29. The molecule has 124 valence electrons. The first-order chi connectivity index (χ1) is 9.47. The van der Waals surface area contributed by atoms with Crippen molar-refractivity contribution in [2.75, 3.05) is 25.9 Å². The van der Waals surface area contributed by atoms with Crippen molar-refractivity contribution in [1.82, 2.24) is 9.62 Å². The zero-order chi connectivity index (χ0) is 14.6. The molecule has 0 bridgehead atoms. The molecule has 6 nitrogen and oxygen atoms in total. The van der Waals surface area contributed by atoms with Gasteiger partial charge in [0.1, 0.15) is 0 Å². The van der Waals surface area contributed by atoms with E-state index in [1.165, 1.54) is 25.5 Å². The summed E-state index contributed by atoms with van der Waals surface area (Å²) in [5, 5.41) is 3.08. The second kappa shape index (κ2) is 8.52. The lowest BCUT2D eigenvalue weighted by Gasteiger charge is -2.33. The number of sulfonamides is 1.